The second-order valence-corrected chi connectivity index (χ2v) is 9.42. The molecule has 0 aliphatic carbocycles. The number of aliphatic carboxylic acids is 1. The average molecular weight is 602 g/mol. The van der Waals surface area contributed by atoms with E-state index >= 15 is 0 Å². The number of hydrazine groups is 2. The van der Waals surface area contributed by atoms with Gasteiger partial charge in [-0.15, -0.1) is 0 Å². The first-order valence-corrected chi connectivity index (χ1v) is 12.6. The number of carbonyl (C=O) groups is 7. The first kappa shape index (κ1) is 30.4. The number of nitrogens with zero attached hydrogens (tertiary/aromatic N) is 3. The molecule has 0 unspecified atom stereocenters. The topological polar surface area (TPSA) is 192 Å². The van der Waals surface area contributed by atoms with Gasteiger partial charge in [0, 0.05) is 13.0 Å². The number of amides is 5. The molecule has 0 bridgehead atoms. The van der Waals surface area contributed by atoms with Gasteiger partial charge in [-0.3, -0.25) is 19.2 Å². The predicted octanol–water partition coefficient (Wildman–Crippen LogP) is 0.984. The third kappa shape index (κ3) is 7.09. The average Bonchev–Trinajstić information content (AvgIpc) is 3.02. The zero-order chi connectivity index (χ0) is 29.6. The second-order valence-electron chi connectivity index (χ2n) is 8.61. The lowest BCUT2D eigenvalue weighted by atomic mass is 10.0. The molecule has 2 saturated heterocycles. The third-order valence-corrected chi connectivity index (χ3v) is 6.61. The van der Waals surface area contributed by atoms with Crippen molar-refractivity contribution in [1.29, 1.82) is 0 Å². The number of fused-ring (bicyclic) bond motifs is 1. The SMILES string of the molecule is COC(=O)NN1CCC(=O)N2CCC[C@@H](C(=O)N[C@@H](CC(=O)O)C(=O)COC(=O)c3c(Cl)cccc3Cl)N2C1=O. The van der Waals surface area contributed by atoms with Crippen molar-refractivity contribution >= 4 is 64.9 Å². The van der Waals surface area contributed by atoms with E-state index in [2.05, 4.69) is 15.5 Å². The molecule has 0 spiro atoms. The summed E-state index contributed by atoms with van der Waals surface area (Å²) in [6, 6.07) is 0.344. The van der Waals surface area contributed by atoms with Gasteiger partial charge >= 0.3 is 24.1 Å². The molecule has 0 aromatic heterocycles. The summed E-state index contributed by atoms with van der Waals surface area (Å²) in [5.41, 5.74) is 1.98. The molecule has 2 aliphatic heterocycles. The Morgan fingerprint density at radius 3 is 2.42 bits per heavy atom. The van der Waals surface area contributed by atoms with E-state index in [4.69, 9.17) is 27.9 Å². The van der Waals surface area contributed by atoms with E-state index in [1.165, 1.54) is 18.2 Å². The van der Waals surface area contributed by atoms with Crippen LogP contribution in [0, 0.1) is 0 Å². The minimum Gasteiger partial charge on any atom is -0.481 e. The van der Waals surface area contributed by atoms with Gasteiger partial charge in [0.2, 0.25) is 11.8 Å². The van der Waals surface area contributed by atoms with Crippen molar-refractivity contribution in [1.82, 2.24) is 25.8 Å². The molecule has 0 radical (unpaired) electrons. The van der Waals surface area contributed by atoms with Gasteiger partial charge in [0.05, 0.1) is 35.7 Å². The standard InChI is InChI=1S/C23H25Cl2N5O10/c1-39-22(37)27-28-9-7-17(32)29-8-3-6-15(30(29)23(28)38)20(35)26-14(10-18(33)34)16(31)11-40-21(36)19-12(24)4-2-5-13(19)25/h2,4-5,14-15H,3,6-11H2,1H3,(H,26,35)(H,27,37)(H,33,34)/t14-,15-/m0/s1. The van der Waals surface area contributed by atoms with Crippen molar-refractivity contribution in [3.8, 4) is 0 Å². The monoisotopic (exact) mass is 601 g/mol. The highest BCUT2D eigenvalue weighted by Crippen LogP contribution is 2.26. The molecule has 1 aromatic rings. The number of esters is 1. The molecule has 40 heavy (non-hydrogen) atoms. The lowest BCUT2D eigenvalue weighted by molar-refractivity contribution is -0.155. The number of methoxy groups -OCH3 is 1. The van der Waals surface area contributed by atoms with Gasteiger partial charge in [0.1, 0.15) is 12.1 Å². The number of benzene rings is 1. The molecular weight excluding hydrogens is 577 g/mol. The summed E-state index contributed by atoms with van der Waals surface area (Å²) in [6.07, 6.45) is -1.64. The van der Waals surface area contributed by atoms with Crippen molar-refractivity contribution < 1.29 is 48.1 Å². The molecule has 0 saturated carbocycles. The van der Waals surface area contributed by atoms with Crippen LogP contribution in [-0.4, -0.2) is 101 Å². The molecule has 2 aliphatic rings. The highest BCUT2D eigenvalue weighted by atomic mass is 35.5. The maximum Gasteiger partial charge on any atom is 0.425 e. The van der Waals surface area contributed by atoms with Crippen molar-refractivity contribution in [2.45, 2.75) is 37.8 Å². The zero-order valence-corrected chi connectivity index (χ0v) is 22.6. The van der Waals surface area contributed by atoms with Gasteiger partial charge in [-0.1, -0.05) is 29.3 Å². The van der Waals surface area contributed by atoms with Crippen LogP contribution in [0.4, 0.5) is 9.59 Å². The Balaban J connectivity index is 1.76. The molecule has 2 fully saturated rings. The number of ketones is 1. The van der Waals surface area contributed by atoms with Crippen LogP contribution in [0.25, 0.3) is 0 Å². The molecule has 2 atom stereocenters. The summed E-state index contributed by atoms with van der Waals surface area (Å²) in [6.45, 7) is -1.01. The molecular formula is C23H25Cl2N5O10. The van der Waals surface area contributed by atoms with Gasteiger partial charge in [0.15, 0.2) is 12.4 Å². The van der Waals surface area contributed by atoms with Crippen LogP contribution in [0.2, 0.25) is 10.0 Å². The number of carboxylic acid groups (broad SMARTS) is 1. The van der Waals surface area contributed by atoms with Crippen molar-refractivity contribution in [2.24, 2.45) is 0 Å². The molecule has 1 aromatic carbocycles. The summed E-state index contributed by atoms with van der Waals surface area (Å²) < 4.78 is 9.45. The predicted molar refractivity (Wildman–Crippen MR) is 135 cm³/mol. The van der Waals surface area contributed by atoms with Gasteiger partial charge in [0.25, 0.3) is 0 Å². The highest BCUT2D eigenvalue weighted by molar-refractivity contribution is 6.39. The van der Waals surface area contributed by atoms with Gasteiger partial charge in [-0.05, 0) is 25.0 Å². The van der Waals surface area contributed by atoms with Crippen LogP contribution in [-0.2, 0) is 28.7 Å². The Hall–Kier alpha value is -4.11. The van der Waals surface area contributed by atoms with Crippen molar-refractivity contribution in [3.63, 3.8) is 0 Å². The number of hydrogen-bond donors (Lipinski definition) is 3. The fraction of sp³-hybridized carbons (Fsp3) is 0.435. The molecule has 5 amide bonds. The van der Waals surface area contributed by atoms with E-state index in [-0.39, 0.29) is 41.5 Å². The fourth-order valence-electron chi connectivity index (χ4n) is 4.06. The van der Waals surface area contributed by atoms with E-state index in [1.54, 1.807) is 0 Å². The lowest BCUT2D eigenvalue weighted by Crippen LogP contribution is -2.65. The maximum absolute atomic E-state index is 13.3. The lowest BCUT2D eigenvalue weighted by Gasteiger charge is -2.42. The number of ether oxygens (including phenoxy) is 2. The van der Waals surface area contributed by atoms with Crippen LogP contribution >= 0.6 is 23.2 Å². The first-order valence-electron chi connectivity index (χ1n) is 11.9. The fourth-order valence-corrected chi connectivity index (χ4v) is 4.61. The number of rotatable bonds is 9. The number of urea groups is 1. The molecule has 216 valence electrons. The quantitative estimate of drug-likeness (QED) is 0.343. The second kappa shape index (κ2) is 13.3. The third-order valence-electron chi connectivity index (χ3n) is 5.98. The van der Waals surface area contributed by atoms with Gasteiger partial charge in [-0.2, -0.15) is 0 Å². The van der Waals surface area contributed by atoms with Crippen LogP contribution in [0.3, 0.4) is 0 Å². The number of nitrogens with one attached hydrogen (secondary N) is 2. The molecule has 2 heterocycles. The Kier molecular flexibility index (Phi) is 10.1. The Labute approximate surface area is 237 Å². The summed E-state index contributed by atoms with van der Waals surface area (Å²) in [4.78, 5) is 87.6. The van der Waals surface area contributed by atoms with E-state index in [1.807, 2.05) is 0 Å². The minimum atomic E-state index is -1.66. The van der Waals surface area contributed by atoms with Crippen molar-refractivity contribution in [3.05, 3.63) is 33.8 Å². The number of carboxylic acids is 1. The molecule has 3 N–H and O–H groups in total. The van der Waals surface area contributed by atoms with Gasteiger partial charge < -0.3 is 19.9 Å². The number of carbonyl (C=O) groups excluding carboxylic acids is 6. The summed E-state index contributed by atoms with van der Waals surface area (Å²) in [7, 11) is 1.08. The van der Waals surface area contributed by atoms with Crippen LogP contribution in [0.5, 0.6) is 0 Å². The summed E-state index contributed by atoms with van der Waals surface area (Å²) >= 11 is 11.9. The first-order chi connectivity index (χ1) is 18.9. The van der Waals surface area contributed by atoms with E-state index < -0.39 is 66.8 Å². The largest absolute Gasteiger partial charge is 0.481 e. The molecule has 3 rings (SSSR count). The van der Waals surface area contributed by atoms with Crippen LogP contribution in [0.15, 0.2) is 18.2 Å². The van der Waals surface area contributed by atoms with E-state index in [9.17, 15) is 38.7 Å². The van der Waals surface area contributed by atoms with Crippen LogP contribution < -0.4 is 10.7 Å². The maximum atomic E-state index is 13.3. The normalized spacial score (nSPS) is 17.8. The molecule has 15 nitrogen and oxygen atoms in total. The van der Waals surface area contributed by atoms with E-state index in [0.29, 0.717) is 6.42 Å². The number of hydrogen-bond acceptors (Lipinski definition) is 9. The summed E-state index contributed by atoms with van der Waals surface area (Å²) in [5, 5.41) is 14.3. The Morgan fingerprint density at radius 2 is 1.80 bits per heavy atom. The Morgan fingerprint density at radius 1 is 1.12 bits per heavy atom. The Bertz CT molecular complexity index is 1210. The highest BCUT2D eigenvalue weighted by Gasteiger charge is 2.44. The van der Waals surface area contributed by atoms with Gasteiger partial charge in [-0.25, -0.2) is 34.8 Å². The van der Waals surface area contributed by atoms with Crippen molar-refractivity contribution in [2.75, 3.05) is 26.8 Å². The summed E-state index contributed by atoms with van der Waals surface area (Å²) in [5.74, 6) is -4.89. The zero-order valence-electron chi connectivity index (χ0n) is 21.1. The molecule has 17 heteroatoms. The minimum absolute atomic E-state index is 0.0328. The number of halogens is 2. The smallest absolute Gasteiger partial charge is 0.425 e. The number of Topliss-reactive ketones (excluding diaryl/α,β-unsaturated/α-hetero) is 1. The van der Waals surface area contributed by atoms with E-state index in [0.717, 1.165) is 22.1 Å². The van der Waals surface area contributed by atoms with Crippen LogP contribution in [0.1, 0.15) is 36.0 Å².